The van der Waals surface area contributed by atoms with Gasteiger partial charge in [0.2, 0.25) is 0 Å². The summed E-state index contributed by atoms with van der Waals surface area (Å²) in [5.74, 6) is 0. The third-order valence-corrected chi connectivity index (χ3v) is 3.53. The van der Waals surface area contributed by atoms with Crippen LogP contribution in [0.15, 0.2) is 24.3 Å². The second-order valence-electron chi connectivity index (χ2n) is 4.99. The van der Waals surface area contributed by atoms with E-state index in [0.717, 1.165) is 31.4 Å². The van der Waals surface area contributed by atoms with Gasteiger partial charge in [-0.3, -0.25) is 0 Å². The van der Waals surface area contributed by atoms with E-state index >= 15 is 0 Å². The Balaban J connectivity index is 1.96. The van der Waals surface area contributed by atoms with Crippen molar-refractivity contribution in [1.82, 2.24) is 0 Å². The largest absolute Gasteiger partial charge is 0.386 e. The molecule has 1 aromatic carbocycles. The summed E-state index contributed by atoms with van der Waals surface area (Å²) in [6.45, 7) is 2.78. The molecule has 0 spiro atoms. The molecule has 2 rings (SSSR count). The Labute approximate surface area is 109 Å². The van der Waals surface area contributed by atoms with Gasteiger partial charge in [0.25, 0.3) is 0 Å². The molecule has 3 atom stereocenters. The van der Waals surface area contributed by atoms with Gasteiger partial charge in [0.15, 0.2) is 0 Å². The Morgan fingerprint density at radius 1 is 1.33 bits per heavy atom. The summed E-state index contributed by atoms with van der Waals surface area (Å²) in [6.07, 6.45) is 2.59. The number of aliphatic hydroxyl groups is 1. The van der Waals surface area contributed by atoms with E-state index in [9.17, 15) is 5.11 Å². The zero-order chi connectivity index (χ0) is 13.0. The molecule has 18 heavy (non-hydrogen) atoms. The molecule has 1 fully saturated rings. The molecule has 1 aromatic rings. The highest BCUT2D eigenvalue weighted by Gasteiger charge is 2.29. The number of rotatable bonds is 5. The zero-order valence-electron chi connectivity index (χ0n) is 11.1. The molecule has 1 N–H and O–H groups in total. The molecule has 0 aliphatic carbocycles. The Hall–Kier alpha value is -0.900. The smallest absolute Gasteiger partial charge is 0.105 e. The zero-order valence-corrected chi connectivity index (χ0v) is 11.1. The van der Waals surface area contributed by atoms with Crippen molar-refractivity contribution in [2.45, 2.75) is 44.5 Å². The molecule has 1 aliphatic rings. The Bertz CT molecular complexity index is 361. The molecule has 0 aromatic heterocycles. The molecule has 0 bridgehead atoms. The molecule has 1 saturated heterocycles. The van der Waals surface area contributed by atoms with Crippen LogP contribution in [0.4, 0.5) is 0 Å². The lowest BCUT2D eigenvalue weighted by Crippen LogP contribution is -2.18. The van der Waals surface area contributed by atoms with Crippen LogP contribution in [0.25, 0.3) is 0 Å². The van der Waals surface area contributed by atoms with Crippen molar-refractivity contribution < 1.29 is 14.6 Å². The fraction of sp³-hybridized carbons (Fsp3) is 0.600. The molecule has 3 unspecified atom stereocenters. The van der Waals surface area contributed by atoms with Gasteiger partial charge in [-0.25, -0.2) is 0 Å². The highest BCUT2D eigenvalue weighted by atomic mass is 16.5. The lowest BCUT2D eigenvalue weighted by molar-refractivity contribution is -0.0297. The minimum Gasteiger partial charge on any atom is -0.386 e. The van der Waals surface area contributed by atoms with Crippen LogP contribution in [0.5, 0.6) is 0 Å². The molecule has 1 aliphatic heterocycles. The number of aliphatic hydroxyl groups excluding tert-OH is 1. The molecule has 100 valence electrons. The topological polar surface area (TPSA) is 38.7 Å². The highest BCUT2D eigenvalue weighted by molar-refractivity contribution is 5.25. The quantitative estimate of drug-likeness (QED) is 0.872. The number of ether oxygens (including phenoxy) is 2. The van der Waals surface area contributed by atoms with Crippen molar-refractivity contribution in [1.29, 1.82) is 0 Å². The third-order valence-electron chi connectivity index (χ3n) is 3.53. The van der Waals surface area contributed by atoms with E-state index in [-0.39, 0.29) is 12.2 Å². The minimum atomic E-state index is -0.508. The molecule has 0 amide bonds. The SMILES string of the molecule is COCCc1ccc(C(O)C2CCC(C)O2)cc1. The van der Waals surface area contributed by atoms with Gasteiger partial charge in [0, 0.05) is 7.11 Å². The molecule has 1 heterocycles. The second kappa shape index (κ2) is 6.32. The molecule has 3 heteroatoms. The average Bonchev–Trinajstić information content (AvgIpc) is 2.83. The van der Waals surface area contributed by atoms with Crippen molar-refractivity contribution in [3.05, 3.63) is 35.4 Å². The van der Waals surface area contributed by atoms with Gasteiger partial charge < -0.3 is 14.6 Å². The van der Waals surface area contributed by atoms with Crippen molar-refractivity contribution in [3.8, 4) is 0 Å². The van der Waals surface area contributed by atoms with Gasteiger partial charge in [-0.2, -0.15) is 0 Å². The maximum Gasteiger partial charge on any atom is 0.105 e. The summed E-state index contributed by atoms with van der Waals surface area (Å²) < 4.78 is 10.7. The molecule has 0 radical (unpaired) electrons. The third kappa shape index (κ3) is 3.31. The number of benzene rings is 1. The van der Waals surface area contributed by atoms with Gasteiger partial charge in [0.1, 0.15) is 6.10 Å². The first-order chi connectivity index (χ1) is 8.70. The van der Waals surface area contributed by atoms with E-state index < -0.39 is 6.10 Å². The fourth-order valence-corrected chi connectivity index (χ4v) is 2.38. The predicted molar refractivity (Wildman–Crippen MR) is 70.6 cm³/mol. The molecular formula is C15H22O3. The van der Waals surface area contributed by atoms with E-state index in [0.29, 0.717) is 0 Å². The van der Waals surface area contributed by atoms with Crippen molar-refractivity contribution in [2.24, 2.45) is 0 Å². The monoisotopic (exact) mass is 250 g/mol. The Kier molecular flexibility index (Phi) is 4.75. The van der Waals surface area contributed by atoms with Crippen molar-refractivity contribution in [3.63, 3.8) is 0 Å². The summed E-state index contributed by atoms with van der Waals surface area (Å²) in [7, 11) is 1.71. The van der Waals surface area contributed by atoms with Crippen molar-refractivity contribution in [2.75, 3.05) is 13.7 Å². The van der Waals surface area contributed by atoms with Gasteiger partial charge in [-0.15, -0.1) is 0 Å². The Morgan fingerprint density at radius 3 is 2.61 bits per heavy atom. The summed E-state index contributed by atoms with van der Waals surface area (Å²) in [5, 5.41) is 10.3. The van der Waals surface area contributed by atoms with E-state index in [1.165, 1.54) is 5.56 Å². The van der Waals surface area contributed by atoms with Crippen LogP contribution in [-0.4, -0.2) is 31.0 Å². The van der Waals surface area contributed by atoms with Gasteiger partial charge in [-0.1, -0.05) is 24.3 Å². The first-order valence-corrected chi connectivity index (χ1v) is 6.62. The lowest BCUT2D eigenvalue weighted by Gasteiger charge is -2.19. The number of hydrogen-bond donors (Lipinski definition) is 1. The van der Waals surface area contributed by atoms with Gasteiger partial charge in [-0.05, 0) is 37.3 Å². The normalized spacial score (nSPS) is 25.3. The maximum absolute atomic E-state index is 10.3. The standard InChI is InChI=1S/C15H22O3/c1-11-3-8-14(18-11)15(16)13-6-4-12(5-7-13)9-10-17-2/h4-7,11,14-16H,3,8-10H2,1-2H3. The summed E-state index contributed by atoms with van der Waals surface area (Å²) in [5.41, 5.74) is 2.17. The van der Waals surface area contributed by atoms with E-state index in [2.05, 4.69) is 19.1 Å². The van der Waals surface area contributed by atoms with Crippen LogP contribution >= 0.6 is 0 Å². The minimum absolute atomic E-state index is 0.0511. The van der Waals surface area contributed by atoms with Crippen LogP contribution in [0.2, 0.25) is 0 Å². The fourth-order valence-electron chi connectivity index (χ4n) is 2.38. The predicted octanol–water partition coefficient (Wildman–Crippen LogP) is 2.48. The van der Waals surface area contributed by atoms with Crippen LogP contribution < -0.4 is 0 Å². The summed E-state index contributed by atoms with van der Waals surface area (Å²) >= 11 is 0. The van der Waals surface area contributed by atoms with Crippen LogP contribution in [0.1, 0.15) is 37.0 Å². The van der Waals surface area contributed by atoms with Crippen LogP contribution in [-0.2, 0) is 15.9 Å². The molecule has 3 nitrogen and oxygen atoms in total. The van der Waals surface area contributed by atoms with Crippen LogP contribution in [0, 0.1) is 0 Å². The van der Waals surface area contributed by atoms with Crippen LogP contribution in [0.3, 0.4) is 0 Å². The second-order valence-corrected chi connectivity index (χ2v) is 4.99. The summed E-state index contributed by atoms with van der Waals surface area (Å²) in [4.78, 5) is 0. The van der Waals surface area contributed by atoms with E-state index in [1.807, 2.05) is 12.1 Å². The lowest BCUT2D eigenvalue weighted by atomic mass is 10.00. The van der Waals surface area contributed by atoms with Gasteiger partial charge >= 0.3 is 0 Å². The molecular weight excluding hydrogens is 228 g/mol. The maximum atomic E-state index is 10.3. The Morgan fingerprint density at radius 2 is 2.06 bits per heavy atom. The van der Waals surface area contributed by atoms with E-state index in [4.69, 9.17) is 9.47 Å². The average molecular weight is 250 g/mol. The highest BCUT2D eigenvalue weighted by Crippen LogP contribution is 2.30. The van der Waals surface area contributed by atoms with Gasteiger partial charge in [0.05, 0.1) is 18.8 Å². The summed E-state index contributed by atoms with van der Waals surface area (Å²) in [6, 6.07) is 8.08. The number of hydrogen-bond acceptors (Lipinski definition) is 3. The molecule has 0 saturated carbocycles. The van der Waals surface area contributed by atoms with Crippen molar-refractivity contribution >= 4 is 0 Å². The number of methoxy groups -OCH3 is 1. The van der Waals surface area contributed by atoms with E-state index in [1.54, 1.807) is 7.11 Å². The first kappa shape index (κ1) is 13.5. The first-order valence-electron chi connectivity index (χ1n) is 6.62.